The number of piperazine rings is 1. The van der Waals surface area contributed by atoms with Crippen LogP contribution < -0.4 is 11.2 Å². The molecule has 0 saturated carbocycles. The maximum Gasteiger partial charge on any atom is 0.328 e. The van der Waals surface area contributed by atoms with Crippen LogP contribution in [-0.2, 0) is 21.4 Å². The van der Waals surface area contributed by atoms with Gasteiger partial charge in [0.2, 0.25) is 15.9 Å². The molecule has 4 rings (SSSR count). The van der Waals surface area contributed by atoms with Crippen LogP contribution in [0.25, 0.3) is 10.9 Å². The summed E-state index contributed by atoms with van der Waals surface area (Å²) in [5, 5.41) is 0.712. The summed E-state index contributed by atoms with van der Waals surface area (Å²) in [6.07, 6.45) is 0.0526. The number of carbonyl (C=O) groups is 1. The predicted octanol–water partition coefficient (Wildman–Crippen LogP) is 1.27. The summed E-state index contributed by atoms with van der Waals surface area (Å²) < 4.78 is 28.3. The first kappa shape index (κ1) is 22.3. The van der Waals surface area contributed by atoms with Gasteiger partial charge in [0.15, 0.2) is 0 Å². The molecule has 0 bridgehead atoms. The molecule has 0 atom stereocenters. The Hall–Kier alpha value is -2.95. The van der Waals surface area contributed by atoms with E-state index < -0.39 is 21.3 Å². The lowest BCUT2D eigenvalue weighted by atomic mass is 10.2. The largest absolute Gasteiger partial charge is 0.340 e. The van der Waals surface area contributed by atoms with E-state index in [1.165, 1.54) is 21.0 Å². The molecule has 1 aromatic heterocycles. The molecule has 168 valence electrons. The second-order valence-corrected chi connectivity index (χ2v) is 9.79. The summed E-state index contributed by atoms with van der Waals surface area (Å²) in [5.41, 5.74) is -0.573. The lowest BCUT2D eigenvalue weighted by Crippen LogP contribution is -2.50. The molecule has 1 aliphatic rings. The monoisotopic (exact) mass is 476 g/mol. The van der Waals surface area contributed by atoms with E-state index in [0.29, 0.717) is 15.9 Å². The Bertz CT molecular complexity index is 1390. The molecule has 1 amide bonds. The Labute approximate surface area is 188 Å². The number of nitrogens with one attached hydrogen (secondary N) is 1. The maximum absolute atomic E-state index is 12.8. The van der Waals surface area contributed by atoms with Gasteiger partial charge in [0.1, 0.15) is 0 Å². The fourth-order valence-corrected chi connectivity index (χ4v) is 5.51. The van der Waals surface area contributed by atoms with Crippen LogP contribution in [0.4, 0.5) is 0 Å². The fraction of sp³-hybridized carbons (Fsp3) is 0.286. The Morgan fingerprint density at radius 3 is 2.44 bits per heavy atom. The number of sulfonamides is 1. The molecule has 0 aliphatic carbocycles. The van der Waals surface area contributed by atoms with Crippen LogP contribution in [0.3, 0.4) is 0 Å². The predicted molar refractivity (Wildman–Crippen MR) is 120 cm³/mol. The van der Waals surface area contributed by atoms with Gasteiger partial charge in [0.25, 0.3) is 5.56 Å². The van der Waals surface area contributed by atoms with Crippen molar-refractivity contribution in [2.24, 2.45) is 0 Å². The Balaban J connectivity index is 1.41. The number of aryl methyl sites for hydroxylation is 1. The first-order valence-electron chi connectivity index (χ1n) is 10.0. The Kier molecular flexibility index (Phi) is 6.18. The van der Waals surface area contributed by atoms with Crippen molar-refractivity contribution in [2.45, 2.75) is 17.9 Å². The van der Waals surface area contributed by atoms with Crippen LogP contribution in [0.5, 0.6) is 0 Å². The van der Waals surface area contributed by atoms with E-state index in [-0.39, 0.29) is 49.9 Å². The minimum absolute atomic E-state index is 0.0526. The van der Waals surface area contributed by atoms with Gasteiger partial charge >= 0.3 is 5.69 Å². The standard InChI is InChI=1S/C21H21ClN4O5S/c22-15-4-3-5-16(14-15)32(30,31)25-12-10-24(11-13-25)19(27)8-9-26-18-7-2-1-6-17(18)20(28)23-21(26)29/h1-7,14H,8-13H2,(H,23,28,29). The third kappa shape index (κ3) is 4.34. The van der Waals surface area contributed by atoms with Crippen molar-refractivity contribution in [3.8, 4) is 0 Å². The van der Waals surface area contributed by atoms with E-state index in [1.54, 1.807) is 41.3 Å². The molecule has 1 fully saturated rings. The van der Waals surface area contributed by atoms with Crippen molar-refractivity contribution in [1.82, 2.24) is 18.8 Å². The molecule has 9 nitrogen and oxygen atoms in total. The van der Waals surface area contributed by atoms with Gasteiger partial charge < -0.3 is 4.90 Å². The van der Waals surface area contributed by atoms with Crippen molar-refractivity contribution < 1.29 is 13.2 Å². The van der Waals surface area contributed by atoms with Gasteiger partial charge in [-0.25, -0.2) is 13.2 Å². The second-order valence-electron chi connectivity index (χ2n) is 7.42. The molecule has 1 aliphatic heterocycles. The highest BCUT2D eigenvalue weighted by atomic mass is 35.5. The van der Waals surface area contributed by atoms with Gasteiger partial charge in [-0.1, -0.05) is 29.8 Å². The van der Waals surface area contributed by atoms with Crippen LogP contribution in [0.1, 0.15) is 6.42 Å². The molecule has 2 aromatic carbocycles. The fourth-order valence-electron chi connectivity index (χ4n) is 3.78. The van der Waals surface area contributed by atoms with Crippen LogP contribution in [-0.4, -0.2) is 59.3 Å². The van der Waals surface area contributed by atoms with Crippen LogP contribution in [0.15, 0.2) is 63.0 Å². The first-order valence-corrected chi connectivity index (χ1v) is 11.8. The third-order valence-electron chi connectivity index (χ3n) is 5.48. The average Bonchev–Trinajstić information content (AvgIpc) is 2.79. The lowest BCUT2D eigenvalue weighted by Gasteiger charge is -2.34. The Morgan fingerprint density at radius 1 is 1.00 bits per heavy atom. The minimum Gasteiger partial charge on any atom is -0.340 e. The van der Waals surface area contributed by atoms with Crippen molar-refractivity contribution in [2.75, 3.05) is 26.2 Å². The zero-order chi connectivity index (χ0) is 22.9. The lowest BCUT2D eigenvalue weighted by molar-refractivity contribution is -0.132. The van der Waals surface area contributed by atoms with Crippen LogP contribution in [0.2, 0.25) is 5.02 Å². The second kappa shape index (κ2) is 8.89. The number of para-hydroxylation sites is 1. The molecule has 11 heteroatoms. The first-order chi connectivity index (χ1) is 15.3. The molecular weight excluding hydrogens is 456 g/mol. The van der Waals surface area contributed by atoms with Gasteiger partial charge in [-0.3, -0.25) is 19.1 Å². The summed E-state index contributed by atoms with van der Waals surface area (Å²) in [5.74, 6) is -0.188. The minimum atomic E-state index is -3.69. The number of fused-ring (bicyclic) bond motifs is 1. The van der Waals surface area contributed by atoms with Crippen molar-refractivity contribution in [3.05, 3.63) is 74.4 Å². The number of rotatable bonds is 5. The summed E-state index contributed by atoms with van der Waals surface area (Å²) in [7, 11) is -3.69. The Morgan fingerprint density at radius 2 is 1.72 bits per heavy atom. The summed E-state index contributed by atoms with van der Waals surface area (Å²) >= 11 is 5.92. The number of hydrogen-bond donors (Lipinski definition) is 1. The summed E-state index contributed by atoms with van der Waals surface area (Å²) in [4.78, 5) is 40.9. The SMILES string of the molecule is O=C(CCn1c(=O)[nH]c(=O)c2ccccc21)N1CCN(S(=O)(=O)c2cccc(Cl)c2)CC1. The molecule has 1 N–H and O–H groups in total. The number of nitrogens with zero attached hydrogens (tertiary/aromatic N) is 3. The topological polar surface area (TPSA) is 113 Å². The van der Waals surface area contributed by atoms with Gasteiger partial charge in [0, 0.05) is 44.2 Å². The molecule has 0 unspecified atom stereocenters. The molecule has 0 radical (unpaired) electrons. The summed E-state index contributed by atoms with van der Waals surface area (Å²) in [6, 6.07) is 12.8. The van der Waals surface area contributed by atoms with Crippen LogP contribution in [0, 0.1) is 0 Å². The van der Waals surface area contributed by atoms with Gasteiger partial charge in [-0.15, -0.1) is 0 Å². The maximum atomic E-state index is 12.8. The van der Waals surface area contributed by atoms with E-state index in [2.05, 4.69) is 4.98 Å². The van der Waals surface area contributed by atoms with E-state index in [9.17, 15) is 22.8 Å². The molecule has 3 aromatic rings. The zero-order valence-electron chi connectivity index (χ0n) is 17.0. The van der Waals surface area contributed by atoms with E-state index in [0.717, 1.165) is 0 Å². The molecule has 0 spiro atoms. The normalized spacial score (nSPS) is 15.2. The summed E-state index contributed by atoms with van der Waals surface area (Å²) in [6.45, 7) is 0.944. The average molecular weight is 477 g/mol. The molecular formula is C21H21ClN4O5S. The molecule has 2 heterocycles. The number of aromatic amines is 1. The number of aromatic nitrogens is 2. The van der Waals surface area contributed by atoms with Crippen LogP contribution >= 0.6 is 11.6 Å². The highest BCUT2D eigenvalue weighted by Gasteiger charge is 2.30. The van der Waals surface area contributed by atoms with E-state index in [4.69, 9.17) is 11.6 Å². The molecule has 32 heavy (non-hydrogen) atoms. The third-order valence-corrected chi connectivity index (χ3v) is 7.61. The highest BCUT2D eigenvalue weighted by Crippen LogP contribution is 2.21. The number of hydrogen-bond acceptors (Lipinski definition) is 5. The van der Waals surface area contributed by atoms with Gasteiger partial charge in [-0.2, -0.15) is 4.31 Å². The quantitative estimate of drug-likeness (QED) is 0.595. The number of H-pyrrole nitrogens is 1. The van der Waals surface area contributed by atoms with Crippen molar-refractivity contribution in [3.63, 3.8) is 0 Å². The number of benzene rings is 2. The number of amides is 1. The van der Waals surface area contributed by atoms with Crippen molar-refractivity contribution >= 4 is 38.4 Å². The van der Waals surface area contributed by atoms with E-state index in [1.807, 2.05) is 0 Å². The number of carbonyl (C=O) groups excluding carboxylic acids is 1. The smallest absolute Gasteiger partial charge is 0.328 e. The zero-order valence-corrected chi connectivity index (χ0v) is 18.6. The molecule has 1 saturated heterocycles. The number of halogens is 1. The van der Waals surface area contributed by atoms with Gasteiger partial charge in [0.05, 0.1) is 15.8 Å². The highest BCUT2D eigenvalue weighted by molar-refractivity contribution is 7.89. The van der Waals surface area contributed by atoms with Crippen molar-refractivity contribution in [1.29, 1.82) is 0 Å². The van der Waals surface area contributed by atoms with E-state index >= 15 is 0 Å². The van der Waals surface area contributed by atoms with Gasteiger partial charge in [-0.05, 0) is 30.3 Å².